The van der Waals surface area contributed by atoms with Gasteiger partial charge in [0, 0.05) is 17.8 Å². The summed E-state index contributed by atoms with van der Waals surface area (Å²) in [5.74, 6) is -0.344. The minimum Gasteiger partial charge on any atom is -0.493 e. The van der Waals surface area contributed by atoms with Crippen LogP contribution >= 0.6 is 0 Å². The molecule has 0 saturated carbocycles. The van der Waals surface area contributed by atoms with Crippen LogP contribution in [-0.4, -0.2) is 37.5 Å². The highest BCUT2D eigenvalue weighted by Crippen LogP contribution is 2.48. The molecule has 0 aromatic heterocycles. The lowest BCUT2D eigenvalue weighted by Gasteiger charge is -2.45. The number of benzene rings is 3. The van der Waals surface area contributed by atoms with E-state index in [1.807, 2.05) is 24.3 Å². The Morgan fingerprint density at radius 1 is 1.03 bits per heavy atom. The molecule has 6 nitrogen and oxygen atoms in total. The van der Waals surface area contributed by atoms with Gasteiger partial charge in [-0.2, -0.15) is 0 Å². The molecule has 0 radical (unpaired) electrons. The van der Waals surface area contributed by atoms with Crippen LogP contribution in [0.2, 0.25) is 0 Å². The molecule has 2 aliphatic rings. The second kappa shape index (κ2) is 8.48. The average Bonchev–Trinajstić information content (AvgIpc) is 2.85. The number of nitrogens with one attached hydrogen (secondary N) is 1. The zero-order valence-electron chi connectivity index (χ0n) is 19.2. The molecule has 174 valence electrons. The van der Waals surface area contributed by atoms with Crippen LogP contribution in [0.1, 0.15) is 44.6 Å². The lowest BCUT2D eigenvalue weighted by atomic mass is 9.75. The molecule has 2 unspecified atom stereocenters. The number of halogens is 1. The first-order valence-corrected chi connectivity index (χ1v) is 11.1. The van der Waals surface area contributed by atoms with Crippen LogP contribution in [0.3, 0.4) is 0 Å². The highest BCUT2D eigenvalue weighted by molar-refractivity contribution is 6.04. The summed E-state index contributed by atoms with van der Waals surface area (Å²) in [5.41, 5.74) is 3.89. The molecule has 2 atom stereocenters. The van der Waals surface area contributed by atoms with E-state index in [0.717, 1.165) is 11.1 Å². The van der Waals surface area contributed by atoms with Gasteiger partial charge in [-0.15, -0.1) is 0 Å². The molecule has 34 heavy (non-hydrogen) atoms. The largest absolute Gasteiger partial charge is 0.493 e. The molecule has 5 rings (SSSR count). The number of ether oxygens (including phenoxy) is 2. The number of aryl methyl sites for hydroxylation is 1. The van der Waals surface area contributed by atoms with Crippen LogP contribution in [0.5, 0.6) is 11.5 Å². The summed E-state index contributed by atoms with van der Waals surface area (Å²) >= 11 is 0. The standard InChI is InChI=1S/C27H25FN2O4/c1-15-8-9-17(13-21(15)28)29-26(31)24-18-6-4-5-7-19(18)27(32)30-11-10-16-12-22(33-2)23(34-3)14-20(16)25(24)30/h4-9,12-14,24-25H,10-11H2,1-3H3,(H,29,31). The van der Waals surface area contributed by atoms with Crippen molar-refractivity contribution in [3.05, 3.63) is 88.2 Å². The van der Waals surface area contributed by atoms with E-state index in [1.165, 1.54) is 6.07 Å². The van der Waals surface area contributed by atoms with Crippen molar-refractivity contribution < 1.29 is 23.5 Å². The Kier molecular flexibility index (Phi) is 5.48. The summed E-state index contributed by atoms with van der Waals surface area (Å²) in [6.45, 7) is 2.14. The molecule has 7 heteroatoms. The topological polar surface area (TPSA) is 67.9 Å². The molecule has 2 amide bonds. The van der Waals surface area contributed by atoms with E-state index in [-0.39, 0.29) is 11.8 Å². The number of anilines is 1. The van der Waals surface area contributed by atoms with Gasteiger partial charge >= 0.3 is 0 Å². The molecule has 0 spiro atoms. The molecular formula is C27H25FN2O4. The van der Waals surface area contributed by atoms with Crippen LogP contribution in [0.25, 0.3) is 0 Å². The maximum absolute atomic E-state index is 14.2. The zero-order chi connectivity index (χ0) is 24.0. The first-order valence-electron chi connectivity index (χ1n) is 11.1. The summed E-state index contributed by atoms with van der Waals surface area (Å²) in [5, 5.41) is 2.88. The van der Waals surface area contributed by atoms with Crippen LogP contribution in [-0.2, 0) is 11.2 Å². The van der Waals surface area contributed by atoms with Gasteiger partial charge in [-0.25, -0.2) is 4.39 Å². The number of carbonyl (C=O) groups is 2. The van der Waals surface area contributed by atoms with E-state index in [9.17, 15) is 14.0 Å². The third-order valence-corrected chi connectivity index (χ3v) is 6.75. The number of nitrogens with zero attached hydrogens (tertiary/aromatic N) is 1. The van der Waals surface area contributed by atoms with Crippen molar-refractivity contribution >= 4 is 17.5 Å². The van der Waals surface area contributed by atoms with Crippen LogP contribution in [0, 0.1) is 12.7 Å². The summed E-state index contributed by atoms with van der Waals surface area (Å²) in [7, 11) is 3.14. The molecule has 0 bridgehead atoms. The van der Waals surface area contributed by atoms with Crippen molar-refractivity contribution in [2.75, 3.05) is 26.1 Å². The van der Waals surface area contributed by atoms with Crippen LogP contribution < -0.4 is 14.8 Å². The van der Waals surface area contributed by atoms with E-state index in [0.29, 0.717) is 46.8 Å². The Bertz CT molecular complexity index is 1310. The van der Waals surface area contributed by atoms with Gasteiger partial charge in [0.05, 0.1) is 26.2 Å². The van der Waals surface area contributed by atoms with Crippen molar-refractivity contribution in [1.29, 1.82) is 0 Å². The van der Waals surface area contributed by atoms with Crippen LogP contribution in [0.4, 0.5) is 10.1 Å². The van der Waals surface area contributed by atoms with Gasteiger partial charge in [-0.05, 0) is 65.9 Å². The fourth-order valence-corrected chi connectivity index (χ4v) is 5.03. The number of fused-ring (bicyclic) bond motifs is 4. The fourth-order valence-electron chi connectivity index (χ4n) is 5.03. The molecule has 0 aliphatic carbocycles. The minimum atomic E-state index is -0.685. The average molecular weight is 461 g/mol. The van der Waals surface area contributed by atoms with E-state index < -0.39 is 17.8 Å². The van der Waals surface area contributed by atoms with Crippen molar-refractivity contribution in [3.63, 3.8) is 0 Å². The molecule has 3 aromatic rings. The van der Waals surface area contributed by atoms with E-state index in [1.54, 1.807) is 50.3 Å². The van der Waals surface area contributed by atoms with Crippen molar-refractivity contribution in [3.8, 4) is 11.5 Å². The van der Waals surface area contributed by atoms with E-state index in [2.05, 4.69) is 5.32 Å². The molecule has 0 fully saturated rings. The third kappa shape index (κ3) is 3.48. The summed E-state index contributed by atoms with van der Waals surface area (Å²) in [6.07, 6.45) is 0.637. The van der Waals surface area contributed by atoms with Gasteiger partial charge in [-0.1, -0.05) is 24.3 Å². The van der Waals surface area contributed by atoms with Gasteiger partial charge < -0.3 is 19.7 Å². The predicted molar refractivity (Wildman–Crippen MR) is 126 cm³/mol. The summed E-state index contributed by atoms with van der Waals surface area (Å²) in [6, 6.07) is 15.1. The second-order valence-electron chi connectivity index (χ2n) is 8.62. The highest BCUT2D eigenvalue weighted by atomic mass is 19.1. The van der Waals surface area contributed by atoms with Crippen molar-refractivity contribution in [2.24, 2.45) is 0 Å². The van der Waals surface area contributed by atoms with E-state index >= 15 is 0 Å². The summed E-state index contributed by atoms with van der Waals surface area (Å²) in [4.78, 5) is 28.9. The number of carbonyl (C=O) groups excluding carboxylic acids is 2. The number of hydrogen-bond donors (Lipinski definition) is 1. The lowest BCUT2D eigenvalue weighted by molar-refractivity contribution is -0.119. The summed E-state index contributed by atoms with van der Waals surface area (Å²) < 4.78 is 25.1. The van der Waals surface area contributed by atoms with Crippen LogP contribution in [0.15, 0.2) is 54.6 Å². The number of methoxy groups -OCH3 is 2. The molecule has 1 N–H and O–H groups in total. The molecule has 0 saturated heterocycles. The molecule has 3 aromatic carbocycles. The Labute approximate surface area is 197 Å². The van der Waals surface area contributed by atoms with Gasteiger partial charge in [0.25, 0.3) is 5.91 Å². The lowest BCUT2D eigenvalue weighted by Crippen LogP contribution is -2.49. The first-order chi connectivity index (χ1) is 16.4. The Balaban J connectivity index is 1.64. The zero-order valence-corrected chi connectivity index (χ0v) is 19.2. The monoisotopic (exact) mass is 460 g/mol. The minimum absolute atomic E-state index is 0.105. The van der Waals surface area contributed by atoms with Gasteiger partial charge in [0.15, 0.2) is 11.5 Å². The fraction of sp³-hybridized carbons (Fsp3) is 0.259. The first kappa shape index (κ1) is 21.9. The quantitative estimate of drug-likeness (QED) is 0.617. The number of amides is 2. The normalized spacial score (nSPS) is 18.5. The third-order valence-electron chi connectivity index (χ3n) is 6.75. The number of rotatable bonds is 4. The Morgan fingerprint density at radius 2 is 1.76 bits per heavy atom. The van der Waals surface area contributed by atoms with Crippen molar-refractivity contribution in [1.82, 2.24) is 4.90 Å². The van der Waals surface area contributed by atoms with E-state index in [4.69, 9.17) is 9.47 Å². The SMILES string of the molecule is COc1cc2c(cc1OC)C1C(C(=O)Nc3ccc(C)c(F)c3)c3ccccc3C(=O)N1CC2. The predicted octanol–water partition coefficient (Wildman–Crippen LogP) is 4.63. The molecule has 2 heterocycles. The molecular weight excluding hydrogens is 435 g/mol. The Hall–Kier alpha value is -3.87. The van der Waals surface area contributed by atoms with Gasteiger partial charge in [-0.3, -0.25) is 9.59 Å². The van der Waals surface area contributed by atoms with Crippen molar-refractivity contribution in [2.45, 2.75) is 25.3 Å². The highest BCUT2D eigenvalue weighted by Gasteiger charge is 2.46. The maximum atomic E-state index is 14.2. The second-order valence-corrected chi connectivity index (χ2v) is 8.62. The van der Waals surface area contributed by atoms with Gasteiger partial charge in [0.2, 0.25) is 5.91 Å². The number of hydrogen-bond acceptors (Lipinski definition) is 4. The maximum Gasteiger partial charge on any atom is 0.254 e. The smallest absolute Gasteiger partial charge is 0.254 e. The molecule has 2 aliphatic heterocycles. The Morgan fingerprint density at radius 3 is 2.50 bits per heavy atom. The van der Waals surface area contributed by atoms with Gasteiger partial charge in [0.1, 0.15) is 5.82 Å².